The Morgan fingerprint density at radius 2 is 2.11 bits per heavy atom. The lowest BCUT2D eigenvalue weighted by Crippen LogP contribution is -2.53. The van der Waals surface area contributed by atoms with E-state index >= 15 is 0 Å². The zero-order valence-corrected chi connectivity index (χ0v) is 16.8. The highest BCUT2D eigenvalue weighted by Gasteiger charge is 2.46. The van der Waals surface area contributed by atoms with Gasteiger partial charge in [-0.2, -0.15) is 0 Å². The summed E-state index contributed by atoms with van der Waals surface area (Å²) in [5, 5.41) is 7.66. The lowest BCUT2D eigenvalue weighted by Gasteiger charge is -2.36. The van der Waals surface area contributed by atoms with Crippen LogP contribution < -0.4 is 5.32 Å². The van der Waals surface area contributed by atoms with Crippen molar-refractivity contribution in [2.75, 3.05) is 13.1 Å². The van der Waals surface area contributed by atoms with Crippen molar-refractivity contribution in [2.24, 2.45) is 11.1 Å². The second-order valence-corrected chi connectivity index (χ2v) is 8.18. The van der Waals surface area contributed by atoms with Crippen LogP contribution in [0.3, 0.4) is 0 Å². The molecule has 146 valence electrons. The molecule has 0 aromatic heterocycles. The summed E-state index contributed by atoms with van der Waals surface area (Å²) in [4.78, 5) is 32.8. The minimum atomic E-state index is -1.06. The highest BCUT2D eigenvalue weighted by atomic mass is 35.5. The highest BCUT2D eigenvalue weighted by Crippen LogP contribution is 2.32. The monoisotopic (exact) mass is 391 g/mol. The SMILES string of the molecule is CC(C)NC(=O)[C@@H]1CCCN(C(=O)[C@@]2(C)CC(c3ccccc3Cl)=NO2)C1. The van der Waals surface area contributed by atoms with Crippen LogP contribution in [0.5, 0.6) is 0 Å². The maximum absolute atomic E-state index is 13.1. The zero-order chi connectivity index (χ0) is 19.6. The van der Waals surface area contributed by atoms with Gasteiger partial charge < -0.3 is 15.1 Å². The molecule has 2 heterocycles. The van der Waals surface area contributed by atoms with Gasteiger partial charge in [0.1, 0.15) is 0 Å². The Hall–Kier alpha value is -2.08. The fourth-order valence-corrected chi connectivity index (χ4v) is 3.85. The molecule has 2 atom stereocenters. The normalized spacial score (nSPS) is 25.1. The predicted octanol–water partition coefficient (Wildman–Crippen LogP) is 2.99. The average Bonchev–Trinajstić information content (AvgIpc) is 3.04. The maximum atomic E-state index is 13.1. The third kappa shape index (κ3) is 4.26. The third-order valence-corrected chi connectivity index (χ3v) is 5.34. The van der Waals surface area contributed by atoms with E-state index in [0.29, 0.717) is 30.2 Å². The maximum Gasteiger partial charge on any atom is 0.269 e. The van der Waals surface area contributed by atoms with E-state index in [1.165, 1.54) is 0 Å². The summed E-state index contributed by atoms with van der Waals surface area (Å²) in [6.45, 7) is 6.66. The molecule has 6 nitrogen and oxygen atoms in total. The van der Waals surface area contributed by atoms with Gasteiger partial charge in [0.15, 0.2) is 0 Å². The van der Waals surface area contributed by atoms with Gasteiger partial charge in [-0.1, -0.05) is 35.0 Å². The number of piperidine rings is 1. The van der Waals surface area contributed by atoms with Gasteiger partial charge in [0.25, 0.3) is 5.91 Å². The van der Waals surface area contributed by atoms with Crippen LogP contribution in [0.2, 0.25) is 5.02 Å². The second kappa shape index (κ2) is 7.89. The topological polar surface area (TPSA) is 71.0 Å². The molecule has 0 radical (unpaired) electrons. The Labute approximate surface area is 164 Å². The summed E-state index contributed by atoms with van der Waals surface area (Å²) in [5.74, 6) is -0.303. The minimum Gasteiger partial charge on any atom is -0.379 e. The summed E-state index contributed by atoms with van der Waals surface area (Å²) in [7, 11) is 0. The zero-order valence-electron chi connectivity index (χ0n) is 16.0. The molecule has 0 aliphatic carbocycles. The summed E-state index contributed by atoms with van der Waals surface area (Å²) in [6.07, 6.45) is 1.95. The van der Waals surface area contributed by atoms with Gasteiger partial charge in [0.05, 0.1) is 11.6 Å². The van der Waals surface area contributed by atoms with Crippen LogP contribution >= 0.6 is 11.6 Å². The number of nitrogens with zero attached hydrogens (tertiary/aromatic N) is 2. The Morgan fingerprint density at radius 1 is 1.37 bits per heavy atom. The van der Waals surface area contributed by atoms with Crippen molar-refractivity contribution in [1.82, 2.24) is 10.2 Å². The number of halogens is 1. The third-order valence-electron chi connectivity index (χ3n) is 5.01. The summed E-state index contributed by atoms with van der Waals surface area (Å²) in [6, 6.07) is 7.48. The van der Waals surface area contributed by atoms with Gasteiger partial charge in [0.2, 0.25) is 11.5 Å². The smallest absolute Gasteiger partial charge is 0.269 e. The van der Waals surface area contributed by atoms with E-state index in [9.17, 15) is 9.59 Å². The number of hydrogen-bond donors (Lipinski definition) is 1. The molecule has 1 aromatic carbocycles. The molecule has 1 N–H and O–H groups in total. The van der Waals surface area contributed by atoms with E-state index in [1.54, 1.807) is 17.9 Å². The largest absolute Gasteiger partial charge is 0.379 e. The lowest BCUT2D eigenvalue weighted by atomic mass is 9.91. The summed E-state index contributed by atoms with van der Waals surface area (Å²) in [5.41, 5.74) is 0.386. The van der Waals surface area contributed by atoms with Crippen LogP contribution in [0, 0.1) is 5.92 Å². The van der Waals surface area contributed by atoms with Crippen molar-refractivity contribution in [3.8, 4) is 0 Å². The van der Waals surface area contributed by atoms with Crippen molar-refractivity contribution < 1.29 is 14.4 Å². The average molecular weight is 392 g/mol. The molecule has 27 heavy (non-hydrogen) atoms. The number of carbonyl (C=O) groups excluding carboxylic acids is 2. The van der Waals surface area contributed by atoms with Gasteiger partial charge in [-0.05, 0) is 39.7 Å². The number of nitrogens with one attached hydrogen (secondary N) is 1. The highest BCUT2D eigenvalue weighted by molar-refractivity contribution is 6.34. The molecule has 1 fully saturated rings. The fourth-order valence-electron chi connectivity index (χ4n) is 3.61. The van der Waals surface area contributed by atoms with E-state index in [2.05, 4.69) is 10.5 Å². The number of oxime groups is 1. The van der Waals surface area contributed by atoms with Crippen molar-refractivity contribution >= 4 is 29.1 Å². The van der Waals surface area contributed by atoms with Gasteiger partial charge >= 0.3 is 0 Å². The molecule has 0 saturated carbocycles. The van der Waals surface area contributed by atoms with Crippen LogP contribution in [0.4, 0.5) is 0 Å². The molecular weight excluding hydrogens is 366 g/mol. The standard InChI is InChI=1S/C20H26ClN3O3/c1-13(2)22-18(25)14-7-6-10-24(12-14)19(26)20(3)11-17(23-27-20)15-8-4-5-9-16(15)21/h4-5,8-9,13-14H,6-7,10-12H2,1-3H3,(H,22,25)/t14-,20-/m1/s1. The number of likely N-dealkylation sites (tertiary alicyclic amines) is 1. The van der Waals surface area contributed by atoms with Crippen LogP contribution in [0.25, 0.3) is 0 Å². The quantitative estimate of drug-likeness (QED) is 0.857. The molecule has 2 amide bonds. The second-order valence-electron chi connectivity index (χ2n) is 7.77. The molecule has 1 saturated heterocycles. The molecule has 2 aliphatic rings. The number of benzene rings is 1. The molecule has 3 rings (SSSR count). The Bertz CT molecular complexity index is 765. The number of carbonyl (C=O) groups is 2. The van der Waals surface area contributed by atoms with Crippen LogP contribution in [-0.4, -0.2) is 47.2 Å². The molecule has 7 heteroatoms. The predicted molar refractivity (Wildman–Crippen MR) is 105 cm³/mol. The van der Waals surface area contributed by atoms with Crippen molar-refractivity contribution in [3.05, 3.63) is 34.9 Å². The minimum absolute atomic E-state index is 0.00741. The first kappa shape index (κ1) is 19.7. The Kier molecular flexibility index (Phi) is 5.75. The number of rotatable bonds is 4. The van der Waals surface area contributed by atoms with Crippen molar-refractivity contribution in [2.45, 2.75) is 51.7 Å². The summed E-state index contributed by atoms with van der Waals surface area (Å²) >= 11 is 6.24. The van der Waals surface area contributed by atoms with Crippen LogP contribution in [-0.2, 0) is 14.4 Å². The van der Waals surface area contributed by atoms with Gasteiger partial charge in [-0.3, -0.25) is 9.59 Å². The first-order valence-corrected chi connectivity index (χ1v) is 9.77. The van der Waals surface area contributed by atoms with E-state index < -0.39 is 5.60 Å². The van der Waals surface area contributed by atoms with Crippen molar-refractivity contribution in [1.29, 1.82) is 0 Å². The van der Waals surface area contributed by atoms with E-state index in [1.807, 2.05) is 32.0 Å². The van der Waals surface area contributed by atoms with Crippen LogP contribution in [0.15, 0.2) is 29.4 Å². The molecular formula is C20H26ClN3O3. The van der Waals surface area contributed by atoms with Gasteiger partial charge in [0, 0.05) is 36.1 Å². The number of amides is 2. The Morgan fingerprint density at radius 3 is 2.81 bits per heavy atom. The number of hydrogen-bond acceptors (Lipinski definition) is 4. The van der Waals surface area contributed by atoms with Crippen LogP contribution in [0.1, 0.15) is 45.6 Å². The first-order valence-electron chi connectivity index (χ1n) is 9.40. The Balaban J connectivity index is 1.67. The van der Waals surface area contributed by atoms with E-state index in [4.69, 9.17) is 16.4 Å². The van der Waals surface area contributed by atoms with Gasteiger partial charge in [-0.15, -0.1) is 0 Å². The first-order chi connectivity index (χ1) is 12.8. The molecule has 0 spiro atoms. The van der Waals surface area contributed by atoms with E-state index in [-0.39, 0.29) is 23.8 Å². The van der Waals surface area contributed by atoms with Gasteiger partial charge in [-0.25, -0.2) is 0 Å². The fraction of sp³-hybridized carbons (Fsp3) is 0.550. The van der Waals surface area contributed by atoms with E-state index in [0.717, 1.165) is 18.4 Å². The van der Waals surface area contributed by atoms with Crippen molar-refractivity contribution in [3.63, 3.8) is 0 Å². The molecule has 2 aliphatic heterocycles. The molecule has 0 bridgehead atoms. The summed E-state index contributed by atoms with van der Waals surface area (Å²) < 4.78 is 0. The lowest BCUT2D eigenvalue weighted by molar-refractivity contribution is -0.155. The molecule has 1 aromatic rings. The molecule has 0 unspecified atom stereocenters.